The van der Waals surface area contributed by atoms with Crippen LogP contribution < -0.4 is 10.1 Å². The van der Waals surface area contributed by atoms with E-state index in [1.165, 1.54) is 0 Å². The van der Waals surface area contributed by atoms with E-state index in [0.29, 0.717) is 24.3 Å². The van der Waals surface area contributed by atoms with E-state index >= 15 is 0 Å². The summed E-state index contributed by atoms with van der Waals surface area (Å²) in [4.78, 5) is 26.4. The first-order chi connectivity index (χ1) is 16.0. The minimum Gasteiger partial charge on any atom is -0.491 e. The van der Waals surface area contributed by atoms with Crippen LogP contribution in [-0.2, 0) is 17.4 Å². The summed E-state index contributed by atoms with van der Waals surface area (Å²) in [6, 6.07) is 17.6. The molecule has 1 atom stereocenters. The quantitative estimate of drug-likeness (QED) is 0.469. The van der Waals surface area contributed by atoms with Crippen LogP contribution >= 0.6 is 0 Å². The van der Waals surface area contributed by atoms with Crippen molar-refractivity contribution in [3.63, 3.8) is 0 Å². The van der Waals surface area contributed by atoms with E-state index in [1.54, 1.807) is 17.1 Å². The average molecular weight is 444 g/mol. The van der Waals surface area contributed by atoms with Crippen LogP contribution in [0.25, 0.3) is 10.9 Å². The summed E-state index contributed by atoms with van der Waals surface area (Å²) in [6.07, 6.45) is 4.13. The Morgan fingerprint density at radius 3 is 2.73 bits per heavy atom. The molecule has 1 amide bonds. The van der Waals surface area contributed by atoms with E-state index in [1.807, 2.05) is 44.3 Å². The molecule has 0 aliphatic carbocycles. The van der Waals surface area contributed by atoms with Crippen molar-refractivity contribution < 1.29 is 19.4 Å². The fraction of sp³-hybridized carbons (Fsp3) is 0.200. The Hall–Kier alpha value is -4.20. The van der Waals surface area contributed by atoms with E-state index in [2.05, 4.69) is 39.7 Å². The zero-order valence-corrected chi connectivity index (χ0v) is 18.4. The number of aromatic nitrogens is 3. The van der Waals surface area contributed by atoms with E-state index in [0.717, 1.165) is 27.7 Å². The van der Waals surface area contributed by atoms with Gasteiger partial charge >= 0.3 is 0 Å². The molecule has 0 unspecified atom stereocenters. The number of ether oxygens (including phenoxy) is 1. The Labute approximate surface area is 190 Å². The Kier molecular flexibility index (Phi) is 6.08. The summed E-state index contributed by atoms with van der Waals surface area (Å²) in [7, 11) is 1.87. The average Bonchev–Trinajstić information content (AvgIpc) is 3.20. The smallest absolute Gasteiger partial charge is 0.290 e. The fourth-order valence-electron chi connectivity index (χ4n) is 4.12. The number of pyridine rings is 1. The first kappa shape index (κ1) is 22.0. The second-order valence-electron chi connectivity index (χ2n) is 7.82. The number of rotatable bonds is 3. The molecule has 8 nitrogen and oxygen atoms in total. The Morgan fingerprint density at radius 1 is 1.21 bits per heavy atom. The number of benzene rings is 2. The van der Waals surface area contributed by atoms with Crippen LogP contribution in [0.2, 0.25) is 0 Å². The molecule has 168 valence electrons. The summed E-state index contributed by atoms with van der Waals surface area (Å²) >= 11 is 0. The zero-order valence-electron chi connectivity index (χ0n) is 18.4. The number of nitrogens with one attached hydrogen (secondary N) is 1. The molecule has 0 bridgehead atoms. The standard InChI is InChI=1S/C24H22N4O2.CH2O2/c1-16-5-9-19(10-6-16)24(11-13-30-21-4-3-12-25-22(21)24)27-23(29)17-7-8-18-15-26-28(2)20(18)14-17;2-1-3/h3-10,12,14-15H,11,13H2,1-2H3,(H,27,29);1H,(H,2,3)/t24-;/m0./s1. The fourth-order valence-corrected chi connectivity index (χ4v) is 4.12. The van der Waals surface area contributed by atoms with E-state index in [4.69, 9.17) is 14.6 Å². The highest BCUT2D eigenvalue weighted by Crippen LogP contribution is 2.40. The molecular weight excluding hydrogens is 420 g/mol. The maximum atomic E-state index is 13.4. The third kappa shape index (κ3) is 4.15. The van der Waals surface area contributed by atoms with Crippen molar-refractivity contribution in [3.05, 3.63) is 89.4 Å². The molecule has 8 heteroatoms. The van der Waals surface area contributed by atoms with Crippen LogP contribution in [0.5, 0.6) is 5.75 Å². The Morgan fingerprint density at radius 2 is 1.97 bits per heavy atom. The van der Waals surface area contributed by atoms with Gasteiger partial charge in [-0.2, -0.15) is 5.10 Å². The van der Waals surface area contributed by atoms with Gasteiger partial charge < -0.3 is 15.2 Å². The molecule has 0 spiro atoms. The number of carbonyl (C=O) groups is 2. The van der Waals surface area contributed by atoms with Crippen LogP contribution in [0.15, 0.2) is 67.0 Å². The van der Waals surface area contributed by atoms with Crippen LogP contribution in [0.4, 0.5) is 0 Å². The highest BCUT2D eigenvalue weighted by Gasteiger charge is 2.42. The molecule has 4 aromatic rings. The predicted octanol–water partition coefficient (Wildman–Crippen LogP) is 3.43. The molecule has 0 fully saturated rings. The topological polar surface area (TPSA) is 106 Å². The number of carbonyl (C=O) groups excluding carboxylic acids is 1. The molecule has 2 N–H and O–H groups in total. The highest BCUT2D eigenvalue weighted by molar-refractivity contribution is 5.98. The molecule has 0 saturated carbocycles. The van der Waals surface area contributed by atoms with Gasteiger partial charge in [0.2, 0.25) is 0 Å². The van der Waals surface area contributed by atoms with E-state index in [9.17, 15) is 4.79 Å². The lowest BCUT2D eigenvalue weighted by Gasteiger charge is -2.39. The van der Waals surface area contributed by atoms with Gasteiger partial charge in [0.1, 0.15) is 17.0 Å². The normalized spacial score (nSPS) is 16.7. The molecule has 0 saturated heterocycles. The molecule has 2 aromatic heterocycles. The number of aryl methyl sites for hydroxylation is 2. The van der Waals surface area contributed by atoms with Crippen LogP contribution in [-0.4, -0.2) is 38.9 Å². The molecule has 2 aromatic carbocycles. The maximum absolute atomic E-state index is 13.4. The van der Waals surface area contributed by atoms with Gasteiger partial charge in [-0.25, -0.2) is 0 Å². The number of amides is 1. The highest BCUT2D eigenvalue weighted by atomic mass is 16.5. The number of hydrogen-bond donors (Lipinski definition) is 2. The number of fused-ring (bicyclic) bond motifs is 2. The lowest BCUT2D eigenvalue weighted by atomic mass is 9.81. The lowest BCUT2D eigenvalue weighted by Crippen LogP contribution is -2.50. The number of hydrogen-bond acceptors (Lipinski definition) is 5. The summed E-state index contributed by atoms with van der Waals surface area (Å²) in [5.74, 6) is 0.545. The second-order valence-corrected chi connectivity index (χ2v) is 7.82. The van der Waals surface area contributed by atoms with Gasteiger partial charge in [-0.3, -0.25) is 19.3 Å². The SMILES string of the molecule is Cc1ccc([C@@]2(NC(=O)c3ccc4cnn(C)c4c3)CCOc3cccnc32)cc1.O=CO. The summed E-state index contributed by atoms with van der Waals surface area (Å²) in [5.41, 5.74) is 3.62. The largest absolute Gasteiger partial charge is 0.491 e. The van der Waals surface area contributed by atoms with Crippen LogP contribution in [0, 0.1) is 6.92 Å². The van der Waals surface area contributed by atoms with Crippen molar-refractivity contribution in [2.45, 2.75) is 18.9 Å². The molecule has 0 radical (unpaired) electrons. The van der Waals surface area contributed by atoms with Gasteiger partial charge in [0, 0.05) is 30.6 Å². The lowest BCUT2D eigenvalue weighted by molar-refractivity contribution is -0.122. The Balaban J connectivity index is 0.000000821. The van der Waals surface area contributed by atoms with Gasteiger partial charge in [0.15, 0.2) is 0 Å². The van der Waals surface area contributed by atoms with E-state index < -0.39 is 5.54 Å². The van der Waals surface area contributed by atoms with Gasteiger partial charge in [0.25, 0.3) is 12.4 Å². The van der Waals surface area contributed by atoms with Gasteiger partial charge in [-0.15, -0.1) is 0 Å². The maximum Gasteiger partial charge on any atom is 0.290 e. The molecule has 1 aliphatic heterocycles. The molecule has 5 rings (SSSR count). The Bertz CT molecular complexity index is 1300. The molecular formula is C25H24N4O4. The number of nitrogens with zero attached hydrogens (tertiary/aromatic N) is 3. The first-order valence-electron chi connectivity index (χ1n) is 10.5. The minimum absolute atomic E-state index is 0.155. The van der Waals surface area contributed by atoms with Crippen molar-refractivity contribution in [3.8, 4) is 5.75 Å². The molecule has 33 heavy (non-hydrogen) atoms. The third-order valence-electron chi connectivity index (χ3n) is 5.79. The van der Waals surface area contributed by atoms with Gasteiger partial charge in [0.05, 0.1) is 18.3 Å². The van der Waals surface area contributed by atoms with Crippen molar-refractivity contribution >= 4 is 23.3 Å². The second kappa shape index (κ2) is 9.12. The van der Waals surface area contributed by atoms with Gasteiger partial charge in [-0.05, 0) is 36.8 Å². The monoisotopic (exact) mass is 444 g/mol. The van der Waals surface area contributed by atoms with Crippen molar-refractivity contribution in [2.75, 3.05) is 6.61 Å². The number of carboxylic acid groups (broad SMARTS) is 1. The van der Waals surface area contributed by atoms with E-state index in [-0.39, 0.29) is 12.4 Å². The van der Waals surface area contributed by atoms with Crippen molar-refractivity contribution in [1.82, 2.24) is 20.1 Å². The predicted molar refractivity (Wildman–Crippen MR) is 123 cm³/mol. The van der Waals surface area contributed by atoms with Crippen molar-refractivity contribution in [1.29, 1.82) is 0 Å². The summed E-state index contributed by atoms with van der Waals surface area (Å²) in [6.45, 7) is 2.29. The summed E-state index contributed by atoms with van der Waals surface area (Å²) in [5, 5.41) is 15.5. The third-order valence-corrected chi connectivity index (χ3v) is 5.79. The van der Waals surface area contributed by atoms with Crippen molar-refractivity contribution in [2.24, 2.45) is 7.05 Å². The molecule has 1 aliphatic rings. The minimum atomic E-state index is -0.763. The first-order valence-corrected chi connectivity index (χ1v) is 10.5. The molecule has 3 heterocycles. The zero-order chi connectivity index (χ0) is 23.4. The summed E-state index contributed by atoms with van der Waals surface area (Å²) < 4.78 is 7.62. The van der Waals surface area contributed by atoms with Crippen LogP contribution in [0.3, 0.4) is 0 Å². The van der Waals surface area contributed by atoms with Crippen LogP contribution in [0.1, 0.15) is 33.6 Å². The van der Waals surface area contributed by atoms with Gasteiger partial charge in [-0.1, -0.05) is 35.9 Å².